The quantitative estimate of drug-likeness (QED) is 0.665. The Balaban J connectivity index is 2.52. The van der Waals surface area contributed by atoms with E-state index >= 15 is 0 Å². The lowest BCUT2D eigenvalue weighted by molar-refractivity contribution is 0.247. The molecule has 124 valence electrons. The zero-order valence-corrected chi connectivity index (χ0v) is 15.1. The topological polar surface area (TPSA) is 33.0 Å². The predicted octanol–water partition coefficient (Wildman–Crippen LogP) is 3.32. The van der Waals surface area contributed by atoms with E-state index in [1.165, 1.54) is 15.9 Å². The first-order valence-corrected chi connectivity index (χ1v) is 9.94. The average Bonchev–Trinajstić information content (AvgIpc) is 2.70. The summed E-state index contributed by atoms with van der Waals surface area (Å²) >= 11 is 0. The van der Waals surface area contributed by atoms with Gasteiger partial charge in [-0.15, -0.1) is 0 Å². The predicted molar refractivity (Wildman–Crippen MR) is 108 cm³/mol. The monoisotopic (exact) mass is 345 g/mol. The maximum Gasteiger partial charge on any atom is 0.0982 e. The standard InChI is InChI=1S/C22H20NOP/c1-24-18-22(17-23)25(19-11-5-2-6-12-19,20-13-7-3-8-14-20)21-15-9-4-10-16-21/h2-16H,18H2,1H3. The molecule has 0 radical (unpaired) electrons. The SMILES string of the molecule is COCC(C#N)=P(c1ccccc1)(c1ccccc1)c1ccccc1. The molecule has 0 amide bonds. The van der Waals surface area contributed by atoms with E-state index in [0.29, 0.717) is 6.61 Å². The lowest BCUT2D eigenvalue weighted by Crippen LogP contribution is -2.31. The van der Waals surface area contributed by atoms with E-state index in [-0.39, 0.29) is 0 Å². The van der Waals surface area contributed by atoms with Crippen molar-refractivity contribution in [2.45, 2.75) is 0 Å². The highest BCUT2D eigenvalue weighted by atomic mass is 31.2. The molecule has 25 heavy (non-hydrogen) atoms. The van der Waals surface area contributed by atoms with Gasteiger partial charge in [0.15, 0.2) is 0 Å². The van der Waals surface area contributed by atoms with Crippen LogP contribution in [0.25, 0.3) is 0 Å². The van der Waals surface area contributed by atoms with E-state index < -0.39 is 6.89 Å². The minimum absolute atomic E-state index is 0.322. The molecule has 0 N–H and O–H groups in total. The summed E-state index contributed by atoms with van der Waals surface area (Å²) in [6, 6.07) is 33.5. The highest BCUT2D eigenvalue weighted by molar-refractivity contribution is 7.95. The molecule has 0 aliphatic heterocycles. The van der Waals surface area contributed by atoms with Gasteiger partial charge < -0.3 is 4.74 Å². The van der Waals surface area contributed by atoms with Gasteiger partial charge in [-0.3, -0.25) is 0 Å². The van der Waals surface area contributed by atoms with Crippen LogP contribution < -0.4 is 15.9 Å². The van der Waals surface area contributed by atoms with Crippen LogP contribution in [0.2, 0.25) is 0 Å². The summed E-state index contributed by atoms with van der Waals surface area (Å²) in [5.74, 6) is 0. The van der Waals surface area contributed by atoms with Crippen molar-refractivity contribution in [3.05, 3.63) is 91.0 Å². The molecule has 0 aliphatic carbocycles. The lowest BCUT2D eigenvalue weighted by atomic mass is 10.4. The van der Waals surface area contributed by atoms with Crippen LogP contribution >= 0.6 is 6.89 Å². The largest absolute Gasteiger partial charge is 0.379 e. The second-order valence-corrected chi connectivity index (χ2v) is 9.10. The Hall–Kier alpha value is -2.59. The van der Waals surface area contributed by atoms with Crippen LogP contribution in [0.4, 0.5) is 0 Å². The van der Waals surface area contributed by atoms with Gasteiger partial charge in [0, 0.05) is 7.11 Å². The van der Waals surface area contributed by atoms with Crippen molar-refractivity contribution in [2.75, 3.05) is 13.7 Å². The maximum absolute atomic E-state index is 10.0. The van der Waals surface area contributed by atoms with E-state index in [2.05, 4.69) is 42.5 Å². The first kappa shape index (κ1) is 17.2. The van der Waals surface area contributed by atoms with Gasteiger partial charge in [0.1, 0.15) is 0 Å². The van der Waals surface area contributed by atoms with Gasteiger partial charge >= 0.3 is 0 Å². The minimum Gasteiger partial charge on any atom is -0.379 e. The third-order valence-electron chi connectivity index (χ3n) is 4.25. The van der Waals surface area contributed by atoms with Gasteiger partial charge in [-0.2, -0.15) is 5.26 Å². The van der Waals surface area contributed by atoms with Gasteiger partial charge in [0.05, 0.1) is 18.0 Å². The summed E-state index contributed by atoms with van der Waals surface area (Å²) in [6.07, 6.45) is 0. The maximum atomic E-state index is 10.0. The van der Waals surface area contributed by atoms with Crippen LogP contribution in [0.15, 0.2) is 91.0 Å². The average molecular weight is 345 g/mol. The van der Waals surface area contributed by atoms with E-state index in [1.54, 1.807) is 7.11 Å². The zero-order valence-electron chi connectivity index (χ0n) is 14.2. The van der Waals surface area contributed by atoms with Crippen LogP contribution in [0, 0.1) is 11.3 Å². The Labute approximate surface area is 149 Å². The third-order valence-corrected chi connectivity index (χ3v) is 8.50. The van der Waals surface area contributed by atoms with E-state index in [1.807, 2.05) is 54.6 Å². The fourth-order valence-electron chi connectivity index (χ4n) is 3.21. The molecular formula is C22H20NOP. The van der Waals surface area contributed by atoms with Crippen molar-refractivity contribution in [2.24, 2.45) is 0 Å². The van der Waals surface area contributed by atoms with Gasteiger partial charge in [0.2, 0.25) is 0 Å². The number of benzene rings is 3. The second kappa shape index (κ2) is 7.99. The van der Waals surface area contributed by atoms with Crippen LogP contribution in [0.1, 0.15) is 0 Å². The van der Waals surface area contributed by atoms with E-state index in [9.17, 15) is 5.26 Å². The summed E-state index contributed by atoms with van der Waals surface area (Å²) in [7, 11) is 1.65. The zero-order chi connectivity index (χ0) is 17.5. The summed E-state index contributed by atoms with van der Waals surface area (Å²) in [4.78, 5) is 0. The molecule has 3 aromatic rings. The van der Waals surface area contributed by atoms with Crippen molar-refractivity contribution < 1.29 is 4.74 Å². The lowest BCUT2D eigenvalue weighted by Gasteiger charge is -2.30. The van der Waals surface area contributed by atoms with Crippen molar-refractivity contribution >= 4 is 28.1 Å². The molecule has 2 nitrogen and oxygen atoms in total. The van der Waals surface area contributed by atoms with Gasteiger partial charge in [0.25, 0.3) is 0 Å². The Morgan fingerprint density at radius 1 is 0.760 bits per heavy atom. The molecule has 0 unspecified atom stereocenters. The molecule has 0 bridgehead atoms. The van der Waals surface area contributed by atoms with Crippen molar-refractivity contribution in [1.29, 1.82) is 5.26 Å². The Morgan fingerprint density at radius 2 is 1.12 bits per heavy atom. The van der Waals surface area contributed by atoms with E-state index in [0.717, 1.165) is 5.29 Å². The smallest absolute Gasteiger partial charge is 0.0982 e. The van der Waals surface area contributed by atoms with Crippen molar-refractivity contribution in [1.82, 2.24) is 0 Å². The fraction of sp³-hybridized carbons (Fsp3) is 0.0909. The summed E-state index contributed by atoms with van der Waals surface area (Å²) < 4.78 is 5.43. The third kappa shape index (κ3) is 3.17. The Kier molecular flexibility index (Phi) is 5.51. The summed E-state index contributed by atoms with van der Waals surface area (Å²) in [5.41, 5.74) is 0. The van der Waals surface area contributed by atoms with Crippen LogP contribution in [0.5, 0.6) is 0 Å². The molecule has 3 heteroatoms. The number of hydrogen-bond acceptors (Lipinski definition) is 2. The molecule has 3 aromatic carbocycles. The number of nitriles is 1. The molecular weight excluding hydrogens is 325 g/mol. The number of rotatable bonds is 5. The van der Waals surface area contributed by atoms with Gasteiger partial charge in [-0.1, -0.05) is 91.0 Å². The first-order chi connectivity index (χ1) is 12.3. The molecule has 0 aromatic heterocycles. The number of hydrogen-bond donors (Lipinski definition) is 0. The molecule has 0 saturated carbocycles. The Bertz CT molecular complexity index is 809. The summed E-state index contributed by atoms with van der Waals surface area (Å²) in [6.45, 7) is -1.93. The first-order valence-electron chi connectivity index (χ1n) is 8.15. The molecule has 0 saturated heterocycles. The van der Waals surface area contributed by atoms with Crippen LogP contribution in [0.3, 0.4) is 0 Å². The van der Waals surface area contributed by atoms with Gasteiger partial charge in [-0.05, 0) is 22.8 Å². The number of ether oxygens (including phenoxy) is 1. The van der Waals surface area contributed by atoms with Crippen LogP contribution in [-0.4, -0.2) is 19.0 Å². The molecule has 0 heterocycles. The van der Waals surface area contributed by atoms with Crippen molar-refractivity contribution in [3.63, 3.8) is 0 Å². The normalized spacial score (nSPS) is 10.9. The minimum atomic E-state index is -2.25. The number of methoxy groups -OCH3 is 1. The summed E-state index contributed by atoms with van der Waals surface area (Å²) in [5, 5.41) is 14.3. The van der Waals surface area contributed by atoms with Crippen LogP contribution in [-0.2, 0) is 4.74 Å². The van der Waals surface area contributed by atoms with E-state index in [4.69, 9.17) is 4.74 Å². The van der Waals surface area contributed by atoms with Crippen molar-refractivity contribution in [3.8, 4) is 6.07 Å². The second-order valence-electron chi connectivity index (χ2n) is 5.67. The highest BCUT2D eigenvalue weighted by Gasteiger charge is 2.29. The molecule has 3 rings (SSSR count). The number of nitrogens with zero attached hydrogens (tertiary/aromatic N) is 1. The molecule has 0 fully saturated rings. The molecule has 0 spiro atoms. The molecule has 0 atom stereocenters. The molecule has 0 aliphatic rings. The Morgan fingerprint density at radius 3 is 1.40 bits per heavy atom. The van der Waals surface area contributed by atoms with Gasteiger partial charge in [-0.25, -0.2) is 0 Å². The highest BCUT2D eigenvalue weighted by Crippen LogP contribution is 2.45. The fourth-order valence-corrected chi connectivity index (χ4v) is 7.37.